The Kier molecular flexibility index (Phi) is 71.6. The molecule has 0 rings (SSSR count). The smallest absolute Gasteiger partial charge is 0.462 e. The average molecular weight is 1450 g/mol. The zero-order valence-corrected chi connectivity index (χ0v) is 66.4. The molecule has 3 N–H and O–H groups in total. The minimum absolute atomic E-state index is 0.106. The van der Waals surface area contributed by atoms with E-state index in [1.165, 1.54) is 244 Å². The second-order valence-electron chi connectivity index (χ2n) is 29.3. The third-order valence-corrected chi connectivity index (χ3v) is 20.7. The average Bonchev–Trinajstić information content (AvgIpc) is 1.12. The van der Waals surface area contributed by atoms with Crippen LogP contribution in [-0.4, -0.2) is 96.7 Å². The fourth-order valence-electron chi connectivity index (χ4n) is 12.4. The number of ether oxygens (including phenoxy) is 4. The van der Waals surface area contributed by atoms with Gasteiger partial charge in [0.1, 0.15) is 19.3 Å². The van der Waals surface area contributed by atoms with Gasteiger partial charge in [0.25, 0.3) is 0 Å². The first-order chi connectivity index (χ1) is 48.0. The molecule has 0 aliphatic heterocycles. The van der Waals surface area contributed by atoms with Crippen LogP contribution in [0.1, 0.15) is 426 Å². The van der Waals surface area contributed by atoms with Gasteiger partial charge in [-0.25, -0.2) is 9.13 Å². The van der Waals surface area contributed by atoms with Crippen molar-refractivity contribution in [2.24, 2.45) is 5.92 Å². The molecule has 0 heterocycles. The highest BCUT2D eigenvalue weighted by molar-refractivity contribution is 7.47. The van der Waals surface area contributed by atoms with Gasteiger partial charge in [0.2, 0.25) is 0 Å². The minimum Gasteiger partial charge on any atom is -0.462 e. The number of aliphatic hydroxyl groups excluding tert-OH is 1. The van der Waals surface area contributed by atoms with Gasteiger partial charge in [0.15, 0.2) is 12.2 Å². The SMILES string of the molecule is CCCCCCCCCCCCCCCCCCCCCCC(=O)O[C@H](COC(=O)CCCCCCCCCCCCCCCCCCCCC)COP(=O)(O)OC[C@@H](O)COP(=O)(O)OC[C@@H](COC(=O)CCCCCCCCCC)OC(=O)CCCCCCCCCCCC(C)C. The number of carbonyl (C=O) groups is 4. The number of aliphatic hydroxyl groups is 1. The lowest BCUT2D eigenvalue weighted by atomic mass is 10.0. The summed E-state index contributed by atoms with van der Waals surface area (Å²) in [4.78, 5) is 72.9. The van der Waals surface area contributed by atoms with Gasteiger partial charge in [-0.15, -0.1) is 0 Å². The first kappa shape index (κ1) is 97.1. The maximum Gasteiger partial charge on any atom is 0.472 e. The molecule has 0 radical (unpaired) electrons. The van der Waals surface area contributed by atoms with Crippen molar-refractivity contribution in [2.45, 2.75) is 445 Å². The number of esters is 4. The van der Waals surface area contributed by atoms with Gasteiger partial charge in [-0.1, -0.05) is 375 Å². The molecule has 0 aromatic heterocycles. The molecule has 0 bridgehead atoms. The minimum atomic E-state index is -4.96. The van der Waals surface area contributed by atoms with Gasteiger partial charge in [-0.05, 0) is 31.6 Å². The van der Waals surface area contributed by atoms with Crippen LogP contribution >= 0.6 is 15.6 Å². The maximum absolute atomic E-state index is 13.1. The normalized spacial score (nSPS) is 13.9. The highest BCUT2D eigenvalue weighted by atomic mass is 31.2. The van der Waals surface area contributed by atoms with E-state index >= 15 is 0 Å². The zero-order chi connectivity index (χ0) is 72.7. The third kappa shape index (κ3) is 74.1. The summed E-state index contributed by atoms with van der Waals surface area (Å²) in [5, 5.41) is 10.6. The summed E-state index contributed by atoms with van der Waals surface area (Å²) in [6.07, 6.45) is 64.1. The zero-order valence-electron chi connectivity index (χ0n) is 64.6. The Bertz CT molecular complexity index is 1890. The van der Waals surface area contributed by atoms with Crippen molar-refractivity contribution in [1.82, 2.24) is 0 Å². The molecule has 0 saturated carbocycles. The molecule has 2 unspecified atom stereocenters. The lowest BCUT2D eigenvalue weighted by Gasteiger charge is -2.21. The predicted molar refractivity (Wildman–Crippen MR) is 405 cm³/mol. The van der Waals surface area contributed by atoms with Gasteiger partial charge < -0.3 is 33.8 Å². The number of unbranched alkanes of at least 4 members (excludes halogenated alkanes) is 52. The van der Waals surface area contributed by atoms with Crippen LogP contribution in [0.2, 0.25) is 0 Å². The number of phosphoric acid groups is 2. The van der Waals surface area contributed by atoms with Crippen molar-refractivity contribution in [3.8, 4) is 0 Å². The van der Waals surface area contributed by atoms with Crippen molar-refractivity contribution >= 4 is 39.5 Å². The fourth-order valence-corrected chi connectivity index (χ4v) is 14.0. The fraction of sp³-hybridized carbons (Fsp3) is 0.950. The summed E-state index contributed by atoms with van der Waals surface area (Å²) in [6.45, 7) is 7.26. The summed E-state index contributed by atoms with van der Waals surface area (Å²) >= 11 is 0. The lowest BCUT2D eigenvalue weighted by Crippen LogP contribution is -2.30. The summed E-state index contributed by atoms with van der Waals surface area (Å²) in [6, 6.07) is 0. The van der Waals surface area contributed by atoms with Gasteiger partial charge in [0, 0.05) is 25.7 Å². The third-order valence-electron chi connectivity index (χ3n) is 18.8. The molecule has 5 atom stereocenters. The highest BCUT2D eigenvalue weighted by Crippen LogP contribution is 2.45. The van der Waals surface area contributed by atoms with Crippen LogP contribution < -0.4 is 0 Å². The van der Waals surface area contributed by atoms with Crippen LogP contribution in [0.25, 0.3) is 0 Å². The number of hydrogen-bond acceptors (Lipinski definition) is 15. The maximum atomic E-state index is 13.1. The van der Waals surface area contributed by atoms with Gasteiger partial charge in [0.05, 0.1) is 26.4 Å². The molecule has 17 nitrogen and oxygen atoms in total. The van der Waals surface area contributed by atoms with Crippen LogP contribution in [0.4, 0.5) is 0 Å². The topological polar surface area (TPSA) is 237 Å². The van der Waals surface area contributed by atoms with Crippen molar-refractivity contribution in [3.63, 3.8) is 0 Å². The second kappa shape index (κ2) is 73.0. The van der Waals surface area contributed by atoms with E-state index in [-0.39, 0.29) is 25.7 Å². The van der Waals surface area contributed by atoms with E-state index in [0.29, 0.717) is 25.7 Å². The Hall–Kier alpha value is -1.94. The molecule has 0 aromatic rings. The monoisotopic (exact) mass is 1450 g/mol. The van der Waals surface area contributed by atoms with Crippen molar-refractivity contribution in [1.29, 1.82) is 0 Å². The Morgan fingerprint density at radius 1 is 0.273 bits per heavy atom. The van der Waals surface area contributed by atoms with Crippen molar-refractivity contribution in [2.75, 3.05) is 39.6 Å². The van der Waals surface area contributed by atoms with Crippen LogP contribution in [0.3, 0.4) is 0 Å². The summed E-state index contributed by atoms with van der Waals surface area (Å²) in [5.41, 5.74) is 0. The molecular weight excluding hydrogens is 1290 g/mol. The summed E-state index contributed by atoms with van der Waals surface area (Å²) in [7, 11) is -9.91. The molecular formula is C80H156O17P2. The lowest BCUT2D eigenvalue weighted by molar-refractivity contribution is -0.161. The number of rotatable bonds is 80. The Morgan fingerprint density at radius 3 is 0.687 bits per heavy atom. The van der Waals surface area contributed by atoms with Crippen LogP contribution in [-0.2, 0) is 65.4 Å². The number of carbonyl (C=O) groups excluding carboxylic acids is 4. The first-order valence-electron chi connectivity index (χ1n) is 41.6. The van der Waals surface area contributed by atoms with Crippen LogP contribution in [0, 0.1) is 5.92 Å². The standard InChI is InChI=1S/C80H156O17P2/c1-6-9-12-15-18-21-23-25-27-29-31-33-35-37-39-41-45-50-55-60-65-79(84)96-76(70-91-78(83)64-59-54-49-44-40-38-36-34-32-30-28-26-24-22-19-16-13-10-7-2)72-95-99(88,89)93-68-74(81)67-92-98(86,87)94-71-75(69-90-77(82)63-58-53-48-20-17-14-11-8-3)97-80(85)66-61-56-51-46-42-43-47-52-57-62-73(4)5/h73-76,81H,6-72H2,1-5H3,(H,86,87)(H,88,89)/t74-,75+,76+/m0/s1. The molecule has 0 fully saturated rings. The summed E-state index contributed by atoms with van der Waals surface area (Å²) in [5.74, 6) is -1.38. The Morgan fingerprint density at radius 2 is 0.465 bits per heavy atom. The van der Waals surface area contributed by atoms with Gasteiger partial charge in [-0.3, -0.25) is 37.3 Å². The molecule has 0 saturated heterocycles. The highest BCUT2D eigenvalue weighted by Gasteiger charge is 2.30. The van der Waals surface area contributed by atoms with E-state index in [1.807, 2.05) is 0 Å². The van der Waals surface area contributed by atoms with E-state index in [0.717, 1.165) is 102 Å². The van der Waals surface area contributed by atoms with Crippen LogP contribution in [0.15, 0.2) is 0 Å². The van der Waals surface area contributed by atoms with Crippen molar-refractivity contribution in [3.05, 3.63) is 0 Å². The van der Waals surface area contributed by atoms with E-state index in [1.54, 1.807) is 0 Å². The Balaban J connectivity index is 5.18. The van der Waals surface area contributed by atoms with Gasteiger partial charge >= 0.3 is 39.5 Å². The molecule has 0 aliphatic carbocycles. The predicted octanol–water partition coefficient (Wildman–Crippen LogP) is 24.0. The van der Waals surface area contributed by atoms with Gasteiger partial charge in [-0.2, -0.15) is 0 Å². The van der Waals surface area contributed by atoms with E-state index < -0.39 is 97.5 Å². The summed E-state index contributed by atoms with van der Waals surface area (Å²) < 4.78 is 68.6. The number of phosphoric ester groups is 2. The first-order valence-corrected chi connectivity index (χ1v) is 44.6. The molecule has 0 aliphatic rings. The number of hydrogen-bond donors (Lipinski definition) is 3. The van der Waals surface area contributed by atoms with Crippen LogP contribution in [0.5, 0.6) is 0 Å². The van der Waals surface area contributed by atoms with E-state index in [2.05, 4.69) is 34.6 Å². The second-order valence-corrected chi connectivity index (χ2v) is 32.2. The largest absolute Gasteiger partial charge is 0.472 e. The van der Waals surface area contributed by atoms with E-state index in [4.69, 9.17) is 37.0 Å². The molecule has 0 spiro atoms. The molecule has 0 amide bonds. The van der Waals surface area contributed by atoms with Crippen molar-refractivity contribution < 1.29 is 80.2 Å². The molecule has 588 valence electrons. The quantitative estimate of drug-likeness (QED) is 0.0222. The van der Waals surface area contributed by atoms with E-state index in [9.17, 15) is 43.2 Å². The Labute approximate surface area is 607 Å². The molecule has 19 heteroatoms. The molecule has 0 aromatic carbocycles. The molecule has 99 heavy (non-hydrogen) atoms.